The number of methoxy groups -OCH3 is 1. The summed E-state index contributed by atoms with van der Waals surface area (Å²) in [5.74, 6) is -4.71. The monoisotopic (exact) mass is 396 g/mol. The zero-order valence-corrected chi connectivity index (χ0v) is 15.0. The van der Waals surface area contributed by atoms with Gasteiger partial charge >= 0.3 is 12.1 Å². The van der Waals surface area contributed by atoms with Crippen molar-refractivity contribution in [3.8, 4) is 0 Å². The molecule has 7 nitrogen and oxygen atoms in total. The molecule has 0 aliphatic carbocycles. The first kappa shape index (κ1) is 19.9. The topological polar surface area (TPSA) is 76.5 Å². The maximum absolute atomic E-state index is 13.5. The summed E-state index contributed by atoms with van der Waals surface area (Å²) < 4.78 is 46.1. The van der Waals surface area contributed by atoms with Crippen LogP contribution in [-0.4, -0.2) is 52.8 Å². The van der Waals surface area contributed by atoms with Crippen LogP contribution in [0.15, 0.2) is 42.9 Å². The van der Waals surface area contributed by atoms with Crippen LogP contribution < -0.4 is 5.43 Å². The number of benzene rings is 1. The van der Waals surface area contributed by atoms with Gasteiger partial charge in [-0.1, -0.05) is 30.3 Å². The van der Waals surface area contributed by atoms with Gasteiger partial charge < -0.3 is 4.74 Å². The highest BCUT2D eigenvalue weighted by molar-refractivity contribution is 5.91. The number of esters is 1. The number of nitrogens with one attached hydrogen (secondary N) is 1. The summed E-state index contributed by atoms with van der Waals surface area (Å²) in [6.45, 7) is -0.00683. The van der Waals surface area contributed by atoms with E-state index in [9.17, 15) is 22.8 Å². The van der Waals surface area contributed by atoms with Gasteiger partial charge in [-0.05, 0) is 5.56 Å². The van der Waals surface area contributed by atoms with Crippen LogP contribution in [0.1, 0.15) is 16.1 Å². The normalized spacial score (nSPS) is 20.1. The Hall–Kier alpha value is -2.88. The lowest BCUT2D eigenvalue weighted by atomic mass is 9.95. The third kappa shape index (κ3) is 4.33. The third-order valence-corrected chi connectivity index (χ3v) is 4.67. The molecule has 1 saturated heterocycles. The predicted molar refractivity (Wildman–Crippen MR) is 92.7 cm³/mol. The lowest BCUT2D eigenvalue weighted by molar-refractivity contribution is -0.182. The van der Waals surface area contributed by atoms with Crippen molar-refractivity contribution in [3.05, 3.63) is 54.1 Å². The number of imidazole rings is 1. The molecule has 28 heavy (non-hydrogen) atoms. The first-order valence-corrected chi connectivity index (χ1v) is 8.54. The maximum Gasteiger partial charge on any atom is 0.393 e. The molecule has 1 N–H and O–H groups in total. The first-order valence-electron chi connectivity index (χ1n) is 8.54. The summed E-state index contributed by atoms with van der Waals surface area (Å²) in [6, 6.07) is 9.09. The quantitative estimate of drug-likeness (QED) is 0.783. The van der Waals surface area contributed by atoms with Crippen molar-refractivity contribution in [2.75, 3.05) is 25.6 Å². The number of carbonyl (C=O) groups excluding carboxylic acids is 2. The molecule has 1 aromatic carbocycles. The van der Waals surface area contributed by atoms with E-state index in [2.05, 4.69) is 15.1 Å². The van der Waals surface area contributed by atoms with Crippen LogP contribution in [0.25, 0.3) is 0 Å². The smallest absolute Gasteiger partial charge is 0.393 e. The van der Waals surface area contributed by atoms with E-state index in [1.807, 2.05) is 30.3 Å². The lowest BCUT2D eigenvalue weighted by Gasteiger charge is -2.21. The number of hydrogen-bond donors (Lipinski definition) is 1. The molecule has 0 bridgehead atoms. The van der Waals surface area contributed by atoms with E-state index >= 15 is 0 Å². The first-order chi connectivity index (χ1) is 13.3. The molecule has 3 rings (SSSR count). The van der Waals surface area contributed by atoms with E-state index in [1.165, 1.54) is 0 Å². The SMILES string of the molecule is COC(=O)c1cncn1NC(=O)C1CN(Cc2ccccc2)CC1C(F)(F)F. The standard InChI is InChI=1S/C18H19F3N4O3/c1-28-17(27)15-7-22-11-25(15)23-16(26)13-9-24(10-14(13)18(19,20)21)8-12-5-3-2-4-6-12/h2-7,11,13-14H,8-10H2,1H3,(H,23,26). The minimum atomic E-state index is -4.52. The molecule has 1 aliphatic rings. The molecular formula is C18H19F3N4O3. The van der Waals surface area contributed by atoms with Crippen LogP contribution in [0.4, 0.5) is 13.2 Å². The summed E-state index contributed by atoms with van der Waals surface area (Å²) in [5.41, 5.74) is 3.10. The zero-order valence-electron chi connectivity index (χ0n) is 15.0. The highest BCUT2D eigenvalue weighted by Gasteiger charge is 2.52. The van der Waals surface area contributed by atoms with Crippen LogP contribution in [0.5, 0.6) is 0 Å². The number of alkyl halides is 3. The fourth-order valence-electron chi connectivity index (χ4n) is 3.29. The molecule has 2 atom stereocenters. The molecule has 0 saturated carbocycles. The molecule has 0 spiro atoms. The number of halogens is 3. The Balaban J connectivity index is 1.75. The summed E-state index contributed by atoms with van der Waals surface area (Å²) >= 11 is 0. The highest BCUT2D eigenvalue weighted by atomic mass is 19.4. The Morgan fingerprint density at radius 3 is 2.61 bits per heavy atom. The molecule has 2 unspecified atom stereocenters. The van der Waals surface area contributed by atoms with E-state index < -0.39 is 29.9 Å². The zero-order chi connectivity index (χ0) is 20.3. The Labute approximate surface area is 159 Å². The Morgan fingerprint density at radius 1 is 1.25 bits per heavy atom. The predicted octanol–water partition coefficient (Wildman–Crippen LogP) is 2.05. The van der Waals surface area contributed by atoms with Crippen molar-refractivity contribution in [2.24, 2.45) is 11.8 Å². The summed E-state index contributed by atoms with van der Waals surface area (Å²) in [4.78, 5) is 29.6. The summed E-state index contributed by atoms with van der Waals surface area (Å²) in [7, 11) is 1.15. The van der Waals surface area contributed by atoms with Crippen molar-refractivity contribution in [2.45, 2.75) is 12.7 Å². The van der Waals surface area contributed by atoms with Crippen molar-refractivity contribution >= 4 is 11.9 Å². The maximum atomic E-state index is 13.5. The summed E-state index contributed by atoms with van der Waals surface area (Å²) in [6.07, 6.45) is -2.24. The number of nitrogens with zero attached hydrogens (tertiary/aromatic N) is 3. The molecular weight excluding hydrogens is 377 g/mol. The fourth-order valence-corrected chi connectivity index (χ4v) is 3.29. The van der Waals surface area contributed by atoms with Gasteiger partial charge in [-0.3, -0.25) is 15.1 Å². The van der Waals surface area contributed by atoms with Crippen molar-refractivity contribution in [1.82, 2.24) is 14.6 Å². The molecule has 10 heteroatoms. The van der Waals surface area contributed by atoms with E-state index in [1.54, 1.807) is 4.90 Å². The molecule has 0 radical (unpaired) electrons. The van der Waals surface area contributed by atoms with Crippen LogP contribution in [0.3, 0.4) is 0 Å². The third-order valence-electron chi connectivity index (χ3n) is 4.67. The van der Waals surface area contributed by atoms with E-state index in [-0.39, 0.29) is 18.8 Å². The average molecular weight is 396 g/mol. The van der Waals surface area contributed by atoms with E-state index in [0.29, 0.717) is 6.54 Å². The number of hydrogen-bond acceptors (Lipinski definition) is 5. The Morgan fingerprint density at radius 2 is 1.96 bits per heavy atom. The number of aromatic nitrogens is 2. The number of ether oxygens (including phenoxy) is 1. The van der Waals surface area contributed by atoms with Gasteiger partial charge in [-0.15, -0.1) is 0 Å². The molecule has 2 heterocycles. The van der Waals surface area contributed by atoms with Gasteiger partial charge in [0.25, 0.3) is 0 Å². The molecule has 1 aromatic heterocycles. The van der Waals surface area contributed by atoms with Crippen molar-refractivity contribution in [1.29, 1.82) is 0 Å². The lowest BCUT2D eigenvalue weighted by Crippen LogP contribution is -2.39. The minimum Gasteiger partial charge on any atom is -0.464 e. The molecule has 150 valence electrons. The van der Waals surface area contributed by atoms with Gasteiger partial charge in [0, 0.05) is 19.6 Å². The molecule has 1 fully saturated rings. The minimum absolute atomic E-state index is 0.0485. The average Bonchev–Trinajstić information content (AvgIpc) is 3.29. The van der Waals surface area contributed by atoms with Crippen LogP contribution >= 0.6 is 0 Å². The fraction of sp³-hybridized carbons (Fsp3) is 0.389. The van der Waals surface area contributed by atoms with Crippen molar-refractivity contribution < 1.29 is 27.5 Å². The van der Waals surface area contributed by atoms with Crippen LogP contribution in [-0.2, 0) is 16.1 Å². The second kappa shape index (κ2) is 8.01. The van der Waals surface area contributed by atoms with Crippen molar-refractivity contribution in [3.63, 3.8) is 0 Å². The largest absolute Gasteiger partial charge is 0.464 e. The van der Waals surface area contributed by atoms with E-state index in [4.69, 9.17) is 0 Å². The van der Waals surface area contributed by atoms with E-state index in [0.717, 1.165) is 29.9 Å². The van der Waals surface area contributed by atoms with Gasteiger partial charge in [0.05, 0.1) is 25.1 Å². The second-order valence-electron chi connectivity index (χ2n) is 6.55. The van der Waals surface area contributed by atoms with Gasteiger partial charge in [0.15, 0.2) is 5.69 Å². The van der Waals surface area contributed by atoms with Crippen LogP contribution in [0, 0.1) is 11.8 Å². The molecule has 2 aromatic rings. The van der Waals surface area contributed by atoms with Gasteiger partial charge in [-0.2, -0.15) is 13.2 Å². The molecule has 1 amide bonds. The van der Waals surface area contributed by atoms with Gasteiger partial charge in [0.2, 0.25) is 5.91 Å². The van der Waals surface area contributed by atoms with Gasteiger partial charge in [0.1, 0.15) is 6.33 Å². The number of amides is 1. The Bertz CT molecular complexity index is 838. The summed E-state index contributed by atoms with van der Waals surface area (Å²) in [5, 5.41) is 0. The Kier molecular flexibility index (Phi) is 5.68. The number of rotatable bonds is 5. The van der Waals surface area contributed by atoms with Crippen LogP contribution in [0.2, 0.25) is 0 Å². The second-order valence-corrected chi connectivity index (χ2v) is 6.55. The van der Waals surface area contributed by atoms with Gasteiger partial charge in [-0.25, -0.2) is 14.5 Å². The molecule has 1 aliphatic heterocycles. The number of likely N-dealkylation sites (tertiary alicyclic amines) is 1. The number of carbonyl (C=O) groups is 2. The highest BCUT2D eigenvalue weighted by Crippen LogP contribution is 2.38.